The Morgan fingerprint density at radius 1 is 0.333 bits per heavy atom. The van der Waals surface area contributed by atoms with Gasteiger partial charge in [0, 0.05) is 46.2 Å². The highest BCUT2D eigenvalue weighted by molar-refractivity contribution is 6.10. The highest BCUT2D eigenvalue weighted by Crippen LogP contribution is 2.39. The van der Waals surface area contributed by atoms with Crippen LogP contribution < -0.4 is 0 Å². The molecule has 0 aliphatic heterocycles. The van der Waals surface area contributed by atoms with Crippen LogP contribution in [0.4, 0.5) is 0 Å². The van der Waals surface area contributed by atoms with Crippen molar-refractivity contribution in [3.8, 4) is 56.4 Å². The molecule has 6 aromatic carbocycles. The smallest absolute Gasteiger partial charge is 0.164 e. The predicted molar refractivity (Wildman–Crippen MR) is 193 cm³/mol. The largest absolute Gasteiger partial charge is 0.256 e. The van der Waals surface area contributed by atoms with Gasteiger partial charge in [0.25, 0.3) is 0 Å². The van der Waals surface area contributed by atoms with E-state index in [1.807, 2.05) is 72.9 Å². The second-order valence-corrected chi connectivity index (χ2v) is 11.6. The molecule has 6 nitrogen and oxygen atoms in total. The van der Waals surface area contributed by atoms with E-state index < -0.39 is 0 Å². The van der Waals surface area contributed by atoms with Crippen LogP contribution >= 0.6 is 0 Å². The minimum Gasteiger partial charge on any atom is -0.256 e. The number of hydrogen-bond donors (Lipinski definition) is 0. The van der Waals surface area contributed by atoms with Gasteiger partial charge >= 0.3 is 0 Å². The van der Waals surface area contributed by atoms with E-state index in [0.29, 0.717) is 17.5 Å². The van der Waals surface area contributed by atoms with Crippen LogP contribution in [0.15, 0.2) is 158 Å². The summed E-state index contributed by atoms with van der Waals surface area (Å²) in [4.78, 5) is 29.3. The fraction of sp³-hybridized carbons (Fsp3) is 0. The zero-order chi connectivity index (χ0) is 31.9. The van der Waals surface area contributed by atoms with Crippen LogP contribution in [0.3, 0.4) is 0 Å². The summed E-state index contributed by atoms with van der Waals surface area (Å²) in [7, 11) is 0. The summed E-state index contributed by atoms with van der Waals surface area (Å²) in [6.45, 7) is 0. The average Bonchev–Trinajstić information content (AvgIpc) is 3.17. The molecule has 3 aromatic heterocycles. The first-order chi connectivity index (χ1) is 23.8. The lowest BCUT2D eigenvalue weighted by atomic mass is 9.92. The number of nitrogens with zero attached hydrogens (tertiary/aromatic N) is 6. The van der Waals surface area contributed by atoms with E-state index in [0.717, 1.165) is 60.9 Å². The molecule has 0 saturated heterocycles. The standard InChI is InChI=1S/C42H26N6/c1-3-12-28(13-4-1)40-46-41(29-14-5-2-6-15-29)48-42(47-40)32-24-30(34-18-9-16-27-11-7-8-17-33(27)34)23-31(25-32)36-26-37-39(45-22-21-43-37)35-19-10-20-44-38(35)36/h1-26H. The van der Waals surface area contributed by atoms with Crippen LogP contribution in [-0.4, -0.2) is 29.9 Å². The van der Waals surface area contributed by atoms with Crippen LogP contribution in [0.5, 0.6) is 0 Å². The van der Waals surface area contributed by atoms with Gasteiger partial charge in [-0.15, -0.1) is 0 Å². The van der Waals surface area contributed by atoms with Gasteiger partial charge in [0.15, 0.2) is 17.5 Å². The molecule has 0 radical (unpaired) electrons. The zero-order valence-corrected chi connectivity index (χ0v) is 25.7. The lowest BCUT2D eigenvalue weighted by Gasteiger charge is -2.15. The van der Waals surface area contributed by atoms with Gasteiger partial charge in [-0.25, -0.2) is 15.0 Å². The lowest BCUT2D eigenvalue weighted by molar-refractivity contribution is 1.07. The molecule has 9 rings (SSSR count). The summed E-state index contributed by atoms with van der Waals surface area (Å²) < 4.78 is 0. The van der Waals surface area contributed by atoms with Crippen molar-refractivity contribution < 1.29 is 0 Å². The third-order valence-corrected chi connectivity index (χ3v) is 8.63. The summed E-state index contributed by atoms with van der Waals surface area (Å²) in [5.74, 6) is 1.82. The first-order valence-electron chi connectivity index (χ1n) is 15.8. The zero-order valence-electron chi connectivity index (χ0n) is 25.7. The Labute approximate surface area is 276 Å². The van der Waals surface area contributed by atoms with Crippen LogP contribution in [0.1, 0.15) is 0 Å². The van der Waals surface area contributed by atoms with Crippen molar-refractivity contribution in [1.82, 2.24) is 29.9 Å². The van der Waals surface area contributed by atoms with Crippen LogP contribution in [0, 0.1) is 0 Å². The van der Waals surface area contributed by atoms with Gasteiger partial charge in [-0.05, 0) is 63.9 Å². The Bertz CT molecular complexity index is 2560. The van der Waals surface area contributed by atoms with Gasteiger partial charge in [-0.2, -0.15) is 0 Å². The van der Waals surface area contributed by atoms with Gasteiger partial charge in [-0.1, -0.05) is 103 Å². The molecule has 0 aliphatic rings. The van der Waals surface area contributed by atoms with E-state index in [9.17, 15) is 0 Å². The minimum atomic E-state index is 0.587. The van der Waals surface area contributed by atoms with Crippen LogP contribution in [0.25, 0.3) is 89.1 Å². The van der Waals surface area contributed by atoms with E-state index in [-0.39, 0.29) is 0 Å². The van der Waals surface area contributed by atoms with E-state index in [1.165, 1.54) is 10.8 Å². The summed E-state index contributed by atoms with van der Waals surface area (Å²) >= 11 is 0. The number of rotatable bonds is 5. The lowest BCUT2D eigenvalue weighted by Crippen LogP contribution is -2.00. The second-order valence-electron chi connectivity index (χ2n) is 11.6. The molecule has 0 N–H and O–H groups in total. The molecular formula is C42H26N6. The summed E-state index contributed by atoms with van der Waals surface area (Å²) in [5, 5.41) is 3.29. The normalized spacial score (nSPS) is 11.3. The minimum absolute atomic E-state index is 0.587. The summed E-state index contributed by atoms with van der Waals surface area (Å²) in [5.41, 5.74) is 9.32. The van der Waals surface area contributed by atoms with Gasteiger partial charge in [0.1, 0.15) is 0 Å². The quantitative estimate of drug-likeness (QED) is 0.180. The van der Waals surface area contributed by atoms with Gasteiger partial charge in [0.05, 0.1) is 16.6 Å². The third-order valence-electron chi connectivity index (χ3n) is 8.63. The van der Waals surface area contributed by atoms with Crippen molar-refractivity contribution >= 4 is 32.7 Å². The van der Waals surface area contributed by atoms with Crippen molar-refractivity contribution in [2.24, 2.45) is 0 Å². The number of pyridine rings is 1. The molecule has 9 aromatic rings. The van der Waals surface area contributed by atoms with E-state index in [1.54, 1.807) is 12.4 Å². The van der Waals surface area contributed by atoms with Gasteiger partial charge in [0.2, 0.25) is 0 Å². The van der Waals surface area contributed by atoms with Crippen molar-refractivity contribution in [2.75, 3.05) is 0 Å². The molecule has 0 saturated carbocycles. The van der Waals surface area contributed by atoms with Gasteiger partial charge in [-0.3, -0.25) is 15.0 Å². The number of fused-ring (bicyclic) bond motifs is 4. The molecule has 0 amide bonds. The monoisotopic (exact) mass is 614 g/mol. The molecule has 6 heteroatoms. The highest BCUT2D eigenvalue weighted by atomic mass is 15.0. The van der Waals surface area contributed by atoms with Crippen LogP contribution in [0.2, 0.25) is 0 Å². The maximum Gasteiger partial charge on any atom is 0.164 e. The number of aromatic nitrogens is 6. The Morgan fingerprint density at radius 2 is 0.896 bits per heavy atom. The molecule has 0 atom stereocenters. The second kappa shape index (κ2) is 11.6. The Hall–Kier alpha value is -6.66. The highest BCUT2D eigenvalue weighted by Gasteiger charge is 2.18. The predicted octanol–water partition coefficient (Wildman–Crippen LogP) is 9.85. The Balaban J connectivity index is 1.35. The number of benzene rings is 6. The average molecular weight is 615 g/mol. The van der Waals surface area contributed by atoms with Crippen molar-refractivity contribution in [1.29, 1.82) is 0 Å². The first kappa shape index (κ1) is 27.6. The van der Waals surface area contributed by atoms with E-state index >= 15 is 0 Å². The molecule has 48 heavy (non-hydrogen) atoms. The summed E-state index contributed by atoms with van der Waals surface area (Å²) in [6, 6.07) is 47.7. The topological polar surface area (TPSA) is 77.3 Å². The Kier molecular flexibility index (Phi) is 6.68. The molecule has 0 unspecified atom stereocenters. The van der Waals surface area contributed by atoms with Crippen molar-refractivity contribution in [2.45, 2.75) is 0 Å². The molecule has 0 fully saturated rings. The van der Waals surface area contributed by atoms with Gasteiger partial charge < -0.3 is 0 Å². The molecule has 3 heterocycles. The fourth-order valence-electron chi connectivity index (χ4n) is 6.38. The first-order valence-corrected chi connectivity index (χ1v) is 15.8. The molecule has 0 aliphatic carbocycles. The number of hydrogen-bond acceptors (Lipinski definition) is 6. The van der Waals surface area contributed by atoms with Crippen LogP contribution in [-0.2, 0) is 0 Å². The maximum atomic E-state index is 5.08. The molecule has 0 spiro atoms. The van der Waals surface area contributed by atoms with Crippen molar-refractivity contribution in [3.63, 3.8) is 0 Å². The fourth-order valence-corrected chi connectivity index (χ4v) is 6.38. The summed E-state index contributed by atoms with van der Waals surface area (Å²) in [6.07, 6.45) is 5.28. The molecule has 224 valence electrons. The third kappa shape index (κ3) is 4.93. The van der Waals surface area contributed by atoms with E-state index in [2.05, 4.69) is 82.8 Å². The van der Waals surface area contributed by atoms with E-state index in [4.69, 9.17) is 19.9 Å². The molecular weight excluding hydrogens is 589 g/mol. The Morgan fingerprint density at radius 3 is 1.65 bits per heavy atom. The SMILES string of the molecule is c1ccc(-c2nc(-c3ccccc3)nc(-c3cc(-c4cccc5ccccc45)cc(-c4cc5nccnc5c5cccnc45)c3)n2)cc1. The molecule has 0 bridgehead atoms. The maximum absolute atomic E-state index is 5.08. The van der Waals surface area contributed by atoms with Crippen molar-refractivity contribution in [3.05, 3.63) is 158 Å².